The number of aryl methyl sites for hydroxylation is 1. The molecule has 2 aromatic rings. The van der Waals surface area contributed by atoms with Gasteiger partial charge in [-0.2, -0.15) is 5.10 Å². The molecule has 2 rings (SSSR count). The van der Waals surface area contributed by atoms with Crippen LogP contribution in [0, 0.1) is 6.92 Å². The molecular formula is C20H23N5O5. The lowest BCUT2D eigenvalue weighted by Gasteiger charge is -2.06. The zero-order valence-corrected chi connectivity index (χ0v) is 16.8. The fraction of sp³-hybridized carbons (Fsp3) is 0.250. The number of nitrogens with one attached hydrogen (secondary N) is 4. The van der Waals surface area contributed by atoms with Gasteiger partial charge in [0.2, 0.25) is 0 Å². The molecule has 4 amide bonds. The highest BCUT2D eigenvalue weighted by molar-refractivity contribution is 6.39. The number of nitrogens with zero attached hydrogens (tertiary/aromatic N) is 1. The van der Waals surface area contributed by atoms with E-state index in [2.05, 4.69) is 26.5 Å². The van der Waals surface area contributed by atoms with Crippen molar-refractivity contribution in [2.45, 2.75) is 33.4 Å². The Bertz CT molecular complexity index is 947. The lowest BCUT2D eigenvalue weighted by atomic mass is 10.2. The highest BCUT2D eigenvalue weighted by atomic mass is 16.3. The van der Waals surface area contributed by atoms with Gasteiger partial charge in [0, 0.05) is 11.7 Å². The standard InChI is InChI=1S/C20H23N5O5/c1-12(2)23-19(28)20(29)25-22-11-16-9-8-15(30-16)10-21-17(26)18(27)24-14-6-4-13(3)5-7-14/h4-9,11-12H,10H2,1-3H3,(H,21,26)(H,23,28)(H,24,27)(H,25,29)/b22-11+. The fourth-order valence-corrected chi connectivity index (χ4v) is 2.16. The van der Waals surface area contributed by atoms with Gasteiger partial charge in [-0.1, -0.05) is 17.7 Å². The third-order valence-corrected chi connectivity index (χ3v) is 3.61. The molecule has 1 heterocycles. The Hall–Kier alpha value is -3.95. The number of rotatable bonds is 6. The van der Waals surface area contributed by atoms with Crippen LogP contribution in [0.3, 0.4) is 0 Å². The SMILES string of the molecule is Cc1ccc(NC(=O)C(=O)NCc2ccc(/C=N/NC(=O)C(=O)NC(C)C)o2)cc1. The van der Waals surface area contributed by atoms with E-state index >= 15 is 0 Å². The number of carbonyl (C=O) groups excluding carboxylic acids is 4. The minimum atomic E-state index is -0.904. The van der Waals surface area contributed by atoms with Crippen LogP contribution in [0.5, 0.6) is 0 Å². The van der Waals surface area contributed by atoms with E-state index in [-0.39, 0.29) is 18.3 Å². The van der Waals surface area contributed by atoms with Gasteiger partial charge in [-0.15, -0.1) is 0 Å². The number of benzene rings is 1. The number of anilines is 1. The smallest absolute Gasteiger partial charge is 0.329 e. The van der Waals surface area contributed by atoms with E-state index < -0.39 is 23.6 Å². The van der Waals surface area contributed by atoms with Crippen molar-refractivity contribution in [3.63, 3.8) is 0 Å². The molecule has 0 unspecified atom stereocenters. The molecule has 0 atom stereocenters. The van der Waals surface area contributed by atoms with Crippen molar-refractivity contribution >= 4 is 35.5 Å². The predicted molar refractivity (Wildman–Crippen MR) is 109 cm³/mol. The van der Waals surface area contributed by atoms with Crippen molar-refractivity contribution in [1.82, 2.24) is 16.1 Å². The van der Waals surface area contributed by atoms with E-state index in [9.17, 15) is 19.2 Å². The maximum atomic E-state index is 11.9. The Morgan fingerprint density at radius 1 is 0.967 bits per heavy atom. The molecule has 0 spiro atoms. The van der Waals surface area contributed by atoms with Gasteiger partial charge in [0.1, 0.15) is 11.5 Å². The molecule has 4 N–H and O–H groups in total. The van der Waals surface area contributed by atoms with E-state index in [1.54, 1.807) is 38.1 Å². The third kappa shape index (κ3) is 7.23. The molecule has 0 aliphatic rings. The van der Waals surface area contributed by atoms with Crippen molar-refractivity contribution < 1.29 is 23.6 Å². The quantitative estimate of drug-likeness (QED) is 0.315. The monoisotopic (exact) mass is 413 g/mol. The van der Waals surface area contributed by atoms with Crippen LogP contribution in [-0.4, -0.2) is 35.9 Å². The molecule has 0 bridgehead atoms. The van der Waals surface area contributed by atoms with Crippen LogP contribution in [0.2, 0.25) is 0 Å². The summed E-state index contributed by atoms with van der Waals surface area (Å²) in [6, 6.07) is 9.99. The Kier molecular flexibility index (Phi) is 7.86. The van der Waals surface area contributed by atoms with Gasteiger partial charge in [-0.25, -0.2) is 5.43 Å². The molecule has 0 saturated carbocycles. The van der Waals surface area contributed by atoms with Gasteiger partial charge < -0.3 is 20.4 Å². The maximum absolute atomic E-state index is 11.9. The molecule has 0 radical (unpaired) electrons. The minimum absolute atomic E-state index is 0.0167. The lowest BCUT2D eigenvalue weighted by Crippen LogP contribution is -2.41. The summed E-state index contributed by atoms with van der Waals surface area (Å²) in [5.41, 5.74) is 3.62. The molecule has 0 fully saturated rings. The van der Waals surface area contributed by atoms with Crippen molar-refractivity contribution in [2.75, 3.05) is 5.32 Å². The molecule has 1 aromatic heterocycles. The molecule has 0 aliphatic heterocycles. The summed E-state index contributed by atoms with van der Waals surface area (Å²) in [6.45, 7) is 5.35. The van der Waals surface area contributed by atoms with Gasteiger partial charge in [0.15, 0.2) is 0 Å². The van der Waals surface area contributed by atoms with Gasteiger partial charge in [-0.05, 0) is 45.0 Å². The largest absolute Gasteiger partial charge is 0.458 e. The van der Waals surface area contributed by atoms with Crippen molar-refractivity contribution in [3.8, 4) is 0 Å². The van der Waals surface area contributed by atoms with Crippen LogP contribution in [0.25, 0.3) is 0 Å². The number of hydrazone groups is 1. The van der Waals surface area contributed by atoms with Gasteiger partial charge in [0.05, 0.1) is 12.8 Å². The summed E-state index contributed by atoms with van der Waals surface area (Å²) in [5.74, 6) is -2.66. The zero-order valence-electron chi connectivity index (χ0n) is 16.8. The summed E-state index contributed by atoms with van der Waals surface area (Å²) in [7, 11) is 0. The first-order chi connectivity index (χ1) is 14.2. The number of hydrogen-bond donors (Lipinski definition) is 4. The van der Waals surface area contributed by atoms with Crippen LogP contribution < -0.4 is 21.4 Å². The third-order valence-electron chi connectivity index (χ3n) is 3.61. The van der Waals surface area contributed by atoms with Crippen LogP contribution in [-0.2, 0) is 25.7 Å². The summed E-state index contributed by atoms with van der Waals surface area (Å²) < 4.78 is 5.40. The second kappa shape index (κ2) is 10.6. The Morgan fingerprint density at radius 3 is 2.33 bits per heavy atom. The lowest BCUT2D eigenvalue weighted by molar-refractivity contribution is -0.139. The number of furan rings is 1. The normalized spacial score (nSPS) is 10.7. The second-order valence-corrected chi connectivity index (χ2v) is 6.63. The van der Waals surface area contributed by atoms with Gasteiger partial charge >= 0.3 is 23.6 Å². The van der Waals surface area contributed by atoms with Crippen LogP contribution in [0.1, 0.15) is 30.9 Å². The molecule has 158 valence electrons. The maximum Gasteiger partial charge on any atom is 0.329 e. The Labute approximate surface area is 173 Å². The van der Waals surface area contributed by atoms with Crippen molar-refractivity contribution in [3.05, 3.63) is 53.5 Å². The first-order valence-corrected chi connectivity index (χ1v) is 9.13. The van der Waals surface area contributed by atoms with Crippen LogP contribution in [0.15, 0.2) is 45.9 Å². The topological polar surface area (TPSA) is 142 Å². The van der Waals surface area contributed by atoms with Crippen molar-refractivity contribution in [2.24, 2.45) is 5.10 Å². The highest BCUT2D eigenvalue weighted by Crippen LogP contribution is 2.08. The molecule has 0 saturated heterocycles. The minimum Gasteiger partial charge on any atom is -0.458 e. The number of carbonyl (C=O) groups is 4. The molecule has 10 heteroatoms. The van der Waals surface area contributed by atoms with E-state index in [0.717, 1.165) is 5.56 Å². The average Bonchev–Trinajstić information content (AvgIpc) is 3.15. The number of hydrogen-bond acceptors (Lipinski definition) is 6. The first-order valence-electron chi connectivity index (χ1n) is 9.13. The molecule has 10 nitrogen and oxygen atoms in total. The first kappa shape index (κ1) is 22.3. The van der Waals surface area contributed by atoms with Crippen LogP contribution >= 0.6 is 0 Å². The van der Waals surface area contributed by atoms with E-state index in [4.69, 9.17) is 4.42 Å². The average molecular weight is 413 g/mol. The van der Waals surface area contributed by atoms with Crippen LogP contribution in [0.4, 0.5) is 5.69 Å². The molecular weight excluding hydrogens is 390 g/mol. The Balaban J connectivity index is 1.78. The molecule has 0 aliphatic carbocycles. The molecule has 30 heavy (non-hydrogen) atoms. The zero-order chi connectivity index (χ0) is 22.1. The van der Waals surface area contributed by atoms with E-state index in [1.165, 1.54) is 6.21 Å². The summed E-state index contributed by atoms with van der Waals surface area (Å²) >= 11 is 0. The highest BCUT2D eigenvalue weighted by Gasteiger charge is 2.15. The summed E-state index contributed by atoms with van der Waals surface area (Å²) in [6.07, 6.45) is 1.20. The fourth-order valence-electron chi connectivity index (χ4n) is 2.16. The van der Waals surface area contributed by atoms with Gasteiger partial charge in [0.25, 0.3) is 0 Å². The molecule has 1 aromatic carbocycles. The van der Waals surface area contributed by atoms with E-state index in [1.807, 2.05) is 19.1 Å². The second-order valence-electron chi connectivity index (χ2n) is 6.63. The Morgan fingerprint density at radius 2 is 1.67 bits per heavy atom. The van der Waals surface area contributed by atoms with Crippen molar-refractivity contribution in [1.29, 1.82) is 0 Å². The summed E-state index contributed by atoms with van der Waals surface area (Å²) in [4.78, 5) is 46.8. The summed E-state index contributed by atoms with van der Waals surface area (Å²) in [5, 5.41) is 11.0. The predicted octanol–water partition coefficient (Wildman–Crippen LogP) is 0.818. The van der Waals surface area contributed by atoms with E-state index in [0.29, 0.717) is 11.4 Å². The van der Waals surface area contributed by atoms with Gasteiger partial charge in [-0.3, -0.25) is 19.2 Å². The number of amides is 4.